The summed E-state index contributed by atoms with van der Waals surface area (Å²) in [5, 5.41) is 5.66. The highest BCUT2D eigenvalue weighted by Gasteiger charge is 2.30. The molecule has 1 atom stereocenters. The molecule has 7 nitrogen and oxygen atoms in total. The van der Waals surface area contributed by atoms with Crippen molar-refractivity contribution in [3.63, 3.8) is 0 Å². The lowest BCUT2D eigenvalue weighted by atomic mass is 10.1. The van der Waals surface area contributed by atoms with Crippen molar-refractivity contribution in [3.05, 3.63) is 59.7 Å². The minimum atomic E-state index is -2.38. The molecule has 0 saturated carbocycles. The van der Waals surface area contributed by atoms with Crippen molar-refractivity contribution in [2.75, 3.05) is 31.0 Å². The Hall–Kier alpha value is -2.26. The number of nitrogens with one attached hydrogen (secondary N) is 2. The van der Waals surface area contributed by atoms with Crippen LogP contribution in [0.3, 0.4) is 0 Å². The van der Waals surface area contributed by atoms with Gasteiger partial charge in [-0.2, -0.15) is 10.6 Å². The number of carbonyl (C=O) groups is 1. The van der Waals surface area contributed by atoms with E-state index in [1.165, 1.54) is 0 Å². The van der Waals surface area contributed by atoms with E-state index in [0.717, 1.165) is 35.5 Å². The zero-order valence-electron chi connectivity index (χ0n) is 16.8. The van der Waals surface area contributed by atoms with Crippen LogP contribution in [0.4, 0.5) is 10.5 Å². The molecule has 158 valence electrons. The van der Waals surface area contributed by atoms with Crippen molar-refractivity contribution >= 4 is 22.3 Å². The van der Waals surface area contributed by atoms with Crippen molar-refractivity contribution in [2.45, 2.75) is 25.6 Å². The number of amides is 2. The van der Waals surface area contributed by atoms with Gasteiger partial charge in [-0.25, -0.2) is 4.79 Å². The van der Waals surface area contributed by atoms with E-state index in [-0.39, 0.29) is 12.1 Å². The Morgan fingerprint density at radius 1 is 1.14 bits per heavy atom. The Labute approximate surface area is 173 Å². The first-order valence-electron chi connectivity index (χ1n) is 9.55. The topological polar surface area (TPSA) is 94.1 Å². The lowest BCUT2D eigenvalue weighted by Crippen LogP contribution is -2.31. The molecule has 0 radical (unpaired) electrons. The zero-order valence-corrected chi connectivity index (χ0v) is 17.6. The summed E-state index contributed by atoms with van der Waals surface area (Å²) < 4.78 is 24.7. The summed E-state index contributed by atoms with van der Waals surface area (Å²) in [5.74, 6) is 1.73. The van der Waals surface area contributed by atoms with Gasteiger partial charge in [-0.1, -0.05) is 24.3 Å². The smallest absolute Gasteiger partial charge is 0.319 e. The van der Waals surface area contributed by atoms with E-state index in [9.17, 15) is 13.9 Å². The fraction of sp³-hybridized carbons (Fsp3) is 0.381. The van der Waals surface area contributed by atoms with Crippen molar-refractivity contribution in [3.8, 4) is 5.75 Å². The highest BCUT2D eigenvalue weighted by Crippen LogP contribution is 2.47. The van der Waals surface area contributed by atoms with Gasteiger partial charge in [-0.15, -0.1) is 0 Å². The zero-order chi connectivity index (χ0) is 20.9. The minimum Gasteiger partial charge on any atom is -0.497 e. The largest absolute Gasteiger partial charge is 0.497 e. The number of benzene rings is 2. The summed E-state index contributed by atoms with van der Waals surface area (Å²) in [7, 11) is 1.24. The normalized spacial score (nSPS) is 19.0. The van der Waals surface area contributed by atoms with Gasteiger partial charge in [-0.05, 0) is 48.9 Å². The van der Waals surface area contributed by atoms with Gasteiger partial charge in [-0.3, -0.25) is 14.0 Å². The number of carbonyl (C=O) groups excluding carboxylic acids is 1. The highest BCUT2D eigenvalue weighted by atomic mass is 32.3. The first kappa shape index (κ1) is 21.4. The van der Waals surface area contributed by atoms with Crippen LogP contribution in [0.1, 0.15) is 17.5 Å². The van der Waals surface area contributed by atoms with Crippen molar-refractivity contribution < 1.29 is 18.6 Å². The van der Waals surface area contributed by atoms with Gasteiger partial charge in [0.25, 0.3) is 0 Å². The quantitative estimate of drug-likeness (QED) is 0.545. The monoisotopic (exact) mass is 419 g/mol. The molecule has 1 saturated heterocycles. The SMILES string of the molecule is COc1ccc(CNC(=O)Nc2ccc(CN(C)C3CCS(O)(O)C3)cc2)cc1. The number of hydrogen-bond donors (Lipinski definition) is 4. The summed E-state index contributed by atoms with van der Waals surface area (Å²) in [4.78, 5) is 14.3. The molecule has 1 fully saturated rings. The van der Waals surface area contributed by atoms with Crippen molar-refractivity contribution in [1.29, 1.82) is 0 Å². The second-order valence-electron chi connectivity index (χ2n) is 7.38. The molecule has 1 unspecified atom stereocenters. The molecule has 29 heavy (non-hydrogen) atoms. The third-order valence-corrected chi connectivity index (χ3v) is 6.92. The molecule has 0 spiro atoms. The fourth-order valence-electron chi connectivity index (χ4n) is 3.36. The lowest BCUT2D eigenvalue weighted by Gasteiger charge is -2.29. The standard InChI is InChI=1S/C21H29N3O4S/c1-24(19-11-12-29(26,27)15-19)14-17-3-7-18(8-4-17)23-21(25)22-13-16-5-9-20(28-2)10-6-16/h3-10,19,26-27H,11-15H2,1-2H3,(H2,22,23,25). The van der Waals surface area contributed by atoms with Crippen molar-refractivity contribution in [2.24, 2.45) is 0 Å². The maximum Gasteiger partial charge on any atom is 0.319 e. The molecule has 4 N–H and O–H groups in total. The molecule has 2 amide bonds. The van der Waals surface area contributed by atoms with Gasteiger partial charge in [0.15, 0.2) is 0 Å². The molecule has 3 rings (SSSR count). The van der Waals surface area contributed by atoms with Gasteiger partial charge >= 0.3 is 6.03 Å². The summed E-state index contributed by atoms with van der Waals surface area (Å²) >= 11 is 0. The van der Waals surface area contributed by atoms with Crippen LogP contribution in [0.2, 0.25) is 0 Å². The number of methoxy groups -OCH3 is 1. The van der Waals surface area contributed by atoms with Crippen LogP contribution in [0.5, 0.6) is 5.75 Å². The summed E-state index contributed by atoms with van der Waals surface area (Å²) in [5.41, 5.74) is 2.82. The Morgan fingerprint density at radius 3 is 2.38 bits per heavy atom. The second kappa shape index (κ2) is 9.49. The van der Waals surface area contributed by atoms with E-state index >= 15 is 0 Å². The average molecular weight is 420 g/mol. The molecular weight excluding hydrogens is 390 g/mol. The Kier molecular flexibility index (Phi) is 7.02. The maximum atomic E-state index is 12.1. The molecule has 2 aromatic rings. The van der Waals surface area contributed by atoms with Crippen LogP contribution in [0.15, 0.2) is 48.5 Å². The average Bonchev–Trinajstić information content (AvgIpc) is 3.08. The number of nitrogens with zero attached hydrogens (tertiary/aromatic N) is 1. The van der Waals surface area contributed by atoms with E-state index < -0.39 is 10.6 Å². The van der Waals surface area contributed by atoms with E-state index in [2.05, 4.69) is 15.5 Å². The van der Waals surface area contributed by atoms with Gasteiger partial charge in [0.2, 0.25) is 0 Å². The van der Waals surface area contributed by atoms with Crippen LogP contribution in [0, 0.1) is 0 Å². The predicted octanol–water partition coefficient (Wildman–Crippen LogP) is 3.97. The minimum absolute atomic E-state index is 0.196. The molecule has 1 aliphatic heterocycles. The fourth-order valence-corrected chi connectivity index (χ4v) is 5.21. The Morgan fingerprint density at radius 2 is 1.79 bits per heavy atom. The van der Waals surface area contributed by atoms with Gasteiger partial charge in [0.1, 0.15) is 5.75 Å². The number of ether oxygens (including phenoxy) is 1. The van der Waals surface area contributed by atoms with Gasteiger partial charge in [0, 0.05) is 30.6 Å². The summed E-state index contributed by atoms with van der Waals surface area (Å²) in [6, 6.07) is 15.2. The molecular formula is C21H29N3O4S. The van der Waals surface area contributed by atoms with Crippen LogP contribution in [0.25, 0.3) is 0 Å². The third kappa shape index (κ3) is 6.37. The van der Waals surface area contributed by atoms with Crippen LogP contribution in [-0.4, -0.2) is 51.7 Å². The Bertz CT molecular complexity index is 812. The molecule has 0 aromatic heterocycles. The Balaban J connectivity index is 1.45. The van der Waals surface area contributed by atoms with Crippen LogP contribution < -0.4 is 15.4 Å². The molecule has 2 aromatic carbocycles. The number of hydrogen-bond acceptors (Lipinski definition) is 5. The molecule has 0 aliphatic carbocycles. The molecule has 1 aliphatic rings. The highest BCUT2D eigenvalue weighted by molar-refractivity contribution is 8.24. The third-order valence-electron chi connectivity index (χ3n) is 5.12. The van der Waals surface area contributed by atoms with Crippen LogP contribution >= 0.6 is 10.6 Å². The number of urea groups is 1. The predicted molar refractivity (Wildman–Crippen MR) is 118 cm³/mol. The van der Waals surface area contributed by atoms with E-state index in [1.54, 1.807) is 7.11 Å². The van der Waals surface area contributed by atoms with E-state index in [0.29, 0.717) is 18.1 Å². The first-order chi connectivity index (χ1) is 13.8. The maximum absolute atomic E-state index is 12.1. The van der Waals surface area contributed by atoms with E-state index in [4.69, 9.17) is 4.74 Å². The van der Waals surface area contributed by atoms with Gasteiger partial charge in [0.05, 0.1) is 12.9 Å². The summed E-state index contributed by atoms with van der Waals surface area (Å²) in [6.45, 7) is 1.16. The lowest BCUT2D eigenvalue weighted by molar-refractivity contribution is 0.251. The van der Waals surface area contributed by atoms with Crippen LogP contribution in [-0.2, 0) is 13.1 Å². The molecule has 0 bridgehead atoms. The molecule has 8 heteroatoms. The summed E-state index contributed by atoms with van der Waals surface area (Å²) in [6.07, 6.45) is 0.812. The molecule has 1 heterocycles. The number of rotatable bonds is 7. The van der Waals surface area contributed by atoms with E-state index in [1.807, 2.05) is 55.6 Å². The first-order valence-corrected chi connectivity index (χ1v) is 11.4. The second-order valence-corrected chi connectivity index (χ2v) is 9.73. The van der Waals surface area contributed by atoms with Crippen molar-refractivity contribution in [1.82, 2.24) is 10.2 Å². The number of anilines is 1. The van der Waals surface area contributed by atoms with Gasteiger partial charge < -0.3 is 15.4 Å².